The van der Waals surface area contributed by atoms with Gasteiger partial charge in [-0.15, -0.1) is 0 Å². The lowest BCUT2D eigenvalue weighted by atomic mass is 9.94. The van der Waals surface area contributed by atoms with Crippen molar-refractivity contribution in [2.45, 2.75) is 38.3 Å². The quantitative estimate of drug-likeness (QED) is 0.575. The largest absolute Gasteiger partial charge is 0.465 e. The molecule has 3 amide bonds. The van der Waals surface area contributed by atoms with Gasteiger partial charge in [0.2, 0.25) is 11.8 Å². The topological polar surface area (TPSA) is 90.0 Å². The van der Waals surface area contributed by atoms with Gasteiger partial charge < -0.3 is 20.2 Å². The van der Waals surface area contributed by atoms with Crippen molar-refractivity contribution < 1.29 is 19.5 Å². The maximum Gasteiger partial charge on any atom is 0.407 e. The number of carbonyl (C=O) groups is 3. The molecule has 5 rings (SSSR count). The van der Waals surface area contributed by atoms with Crippen LogP contribution in [0.25, 0.3) is 10.8 Å². The number of rotatable bonds is 5. The number of piperidine rings is 1. The number of carboxylic acid groups (broad SMARTS) is 1. The van der Waals surface area contributed by atoms with Gasteiger partial charge in [-0.1, -0.05) is 66.7 Å². The first kappa shape index (κ1) is 23.9. The summed E-state index contributed by atoms with van der Waals surface area (Å²) >= 11 is 0. The molecule has 3 aromatic carbocycles. The Hall–Kier alpha value is -3.87. The van der Waals surface area contributed by atoms with Gasteiger partial charge in [-0.3, -0.25) is 9.59 Å². The molecule has 2 N–H and O–H groups in total. The van der Waals surface area contributed by atoms with Crippen LogP contribution in [0.5, 0.6) is 0 Å². The van der Waals surface area contributed by atoms with E-state index in [-0.39, 0.29) is 17.7 Å². The Morgan fingerprint density at radius 3 is 2.31 bits per heavy atom. The van der Waals surface area contributed by atoms with Crippen LogP contribution in [0.1, 0.15) is 29.5 Å². The van der Waals surface area contributed by atoms with Gasteiger partial charge in [0.25, 0.3) is 0 Å². The van der Waals surface area contributed by atoms with Crippen LogP contribution < -0.4 is 5.32 Å². The van der Waals surface area contributed by atoms with Gasteiger partial charge in [0.15, 0.2) is 0 Å². The molecule has 7 nitrogen and oxygen atoms in total. The standard InChI is InChI=1S/C29H31N3O4/c33-27(23-12-14-31(15-13-23)29(35)36)30-26(18-20-9-10-21-5-1-3-7-24(21)17-20)28(34)32-16-11-22-6-2-4-8-25(22)19-32/h1-10,17,23,26H,11-16,18-19H2,(H,30,33)(H,35,36)/t26-/m1/s1. The minimum atomic E-state index is -0.955. The van der Waals surface area contributed by atoms with Gasteiger partial charge in [0, 0.05) is 38.5 Å². The van der Waals surface area contributed by atoms with E-state index >= 15 is 0 Å². The summed E-state index contributed by atoms with van der Waals surface area (Å²) in [4.78, 5) is 41.4. The molecule has 0 aliphatic carbocycles. The first-order valence-electron chi connectivity index (χ1n) is 12.6. The second-order valence-electron chi connectivity index (χ2n) is 9.77. The monoisotopic (exact) mass is 485 g/mol. The predicted molar refractivity (Wildman–Crippen MR) is 137 cm³/mol. The van der Waals surface area contributed by atoms with Crippen molar-refractivity contribution in [3.63, 3.8) is 0 Å². The van der Waals surface area contributed by atoms with E-state index in [4.69, 9.17) is 0 Å². The minimum absolute atomic E-state index is 0.0750. The molecule has 0 bridgehead atoms. The fourth-order valence-corrected chi connectivity index (χ4v) is 5.33. The number of hydrogen-bond acceptors (Lipinski definition) is 3. The fraction of sp³-hybridized carbons (Fsp3) is 0.345. The first-order chi connectivity index (χ1) is 17.5. The van der Waals surface area contributed by atoms with E-state index in [1.165, 1.54) is 10.5 Å². The molecule has 0 saturated carbocycles. The van der Waals surface area contributed by atoms with E-state index < -0.39 is 12.1 Å². The maximum atomic E-state index is 13.8. The van der Waals surface area contributed by atoms with Crippen LogP contribution in [0, 0.1) is 5.92 Å². The third-order valence-electron chi connectivity index (χ3n) is 7.45. The summed E-state index contributed by atoms with van der Waals surface area (Å²) in [5.74, 6) is -0.542. The van der Waals surface area contributed by atoms with Crippen molar-refractivity contribution in [3.8, 4) is 0 Å². The van der Waals surface area contributed by atoms with E-state index in [1.54, 1.807) is 0 Å². The van der Waals surface area contributed by atoms with Crippen molar-refractivity contribution >= 4 is 28.7 Å². The number of hydrogen-bond donors (Lipinski definition) is 2. The summed E-state index contributed by atoms with van der Waals surface area (Å²) in [7, 11) is 0. The number of benzene rings is 3. The van der Waals surface area contributed by atoms with E-state index in [2.05, 4.69) is 29.6 Å². The molecule has 0 unspecified atom stereocenters. The Morgan fingerprint density at radius 1 is 0.861 bits per heavy atom. The highest BCUT2D eigenvalue weighted by atomic mass is 16.4. The van der Waals surface area contributed by atoms with E-state index in [9.17, 15) is 19.5 Å². The smallest absolute Gasteiger partial charge is 0.407 e. The lowest BCUT2D eigenvalue weighted by molar-refractivity contribution is -0.138. The Labute approximate surface area is 210 Å². The highest BCUT2D eigenvalue weighted by Gasteiger charge is 2.32. The number of nitrogens with one attached hydrogen (secondary N) is 1. The molecule has 2 aliphatic rings. The van der Waals surface area contributed by atoms with Gasteiger partial charge in [-0.2, -0.15) is 0 Å². The number of likely N-dealkylation sites (tertiary alicyclic amines) is 1. The summed E-state index contributed by atoms with van der Waals surface area (Å²) in [6.45, 7) is 1.83. The maximum absolute atomic E-state index is 13.8. The first-order valence-corrected chi connectivity index (χ1v) is 12.6. The third kappa shape index (κ3) is 5.20. The van der Waals surface area contributed by atoms with Crippen LogP contribution in [0.4, 0.5) is 4.79 Å². The Bertz CT molecular complexity index is 1280. The van der Waals surface area contributed by atoms with Crippen molar-refractivity contribution in [2.24, 2.45) is 5.92 Å². The van der Waals surface area contributed by atoms with Gasteiger partial charge in [0.1, 0.15) is 6.04 Å². The zero-order valence-corrected chi connectivity index (χ0v) is 20.2. The minimum Gasteiger partial charge on any atom is -0.465 e. The summed E-state index contributed by atoms with van der Waals surface area (Å²) in [6, 6.07) is 21.7. The second kappa shape index (κ2) is 10.4. The second-order valence-corrected chi connectivity index (χ2v) is 9.77. The normalized spacial score (nSPS) is 16.9. The third-order valence-corrected chi connectivity index (χ3v) is 7.45. The number of carbonyl (C=O) groups excluding carboxylic acids is 2. The molecule has 1 saturated heterocycles. The highest BCUT2D eigenvalue weighted by Crippen LogP contribution is 2.23. The molecule has 7 heteroatoms. The molecule has 0 aromatic heterocycles. The van der Waals surface area contributed by atoms with E-state index in [0.717, 1.165) is 28.3 Å². The van der Waals surface area contributed by atoms with Crippen LogP contribution in [0.3, 0.4) is 0 Å². The fourth-order valence-electron chi connectivity index (χ4n) is 5.33. The van der Waals surface area contributed by atoms with Crippen LogP contribution in [-0.2, 0) is 29.0 Å². The molecular formula is C29H31N3O4. The summed E-state index contributed by atoms with van der Waals surface area (Å²) in [6.07, 6.45) is 1.18. The average Bonchev–Trinajstić information content (AvgIpc) is 2.92. The van der Waals surface area contributed by atoms with E-state index in [1.807, 2.05) is 47.4 Å². The predicted octanol–water partition coefficient (Wildman–Crippen LogP) is 3.84. The molecule has 0 spiro atoms. The van der Waals surface area contributed by atoms with Gasteiger partial charge in [-0.25, -0.2) is 4.79 Å². The van der Waals surface area contributed by atoms with Crippen molar-refractivity contribution in [1.82, 2.24) is 15.1 Å². The van der Waals surface area contributed by atoms with Gasteiger partial charge in [-0.05, 0) is 46.7 Å². The average molecular weight is 486 g/mol. The molecule has 2 aliphatic heterocycles. The number of nitrogens with zero attached hydrogens (tertiary/aromatic N) is 2. The van der Waals surface area contributed by atoms with E-state index in [0.29, 0.717) is 45.4 Å². The molecule has 1 fully saturated rings. The molecule has 2 heterocycles. The summed E-state index contributed by atoms with van der Waals surface area (Å²) in [5.41, 5.74) is 3.40. The van der Waals surface area contributed by atoms with Crippen LogP contribution >= 0.6 is 0 Å². The van der Waals surface area contributed by atoms with Crippen LogP contribution in [-0.4, -0.2) is 58.5 Å². The highest BCUT2D eigenvalue weighted by molar-refractivity contribution is 5.89. The number of amides is 3. The lowest BCUT2D eigenvalue weighted by Crippen LogP contribution is -2.53. The molecule has 0 radical (unpaired) electrons. The Balaban J connectivity index is 1.34. The summed E-state index contributed by atoms with van der Waals surface area (Å²) in [5, 5.41) is 14.5. The zero-order valence-electron chi connectivity index (χ0n) is 20.2. The van der Waals surface area contributed by atoms with Gasteiger partial charge in [0.05, 0.1) is 0 Å². The molecule has 36 heavy (non-hydrogen) atoms. The van der Waals surface area contributed by atoms with Crippen molar-refractivity contribution in [3.05, 3.63) is 83.4 Å². The van der Waals surface area contributed by atoms with Crippen molar-refractivity contribution in [1.29, 1.82) is 0 Å². The van der Waals surface area contributed by atoms with Crippen LogP contribution in [0.2, 0.25) is 0 Å². The lowest BCUT2D eigenvalue weighted by Gasteiger charge is -2.34. The number of fused-ring (bicyclic) bond motifs is 2. The Morgan fingerprint density at radius 2 is 1.56 bits per heavy atom. The molecule has 186 valence electrons. The molecule has 1 atom stereocenters. The molecule has 3 aromatic rings. The summed E-state index contributed by atoms with van der Waals surface area (Å²) < 4.78 is 0. The van der Waals surface area contributed by atoms with Crippen LogP contribution in [0.15, 0.2) is 66.7 Å². The zero-order chi connectivity index (χ0) is 25.1. The van der Waals surface area contributed by atoms with Gasteiger partial charge >= 0.3 is 6.09 Å². The SMILES string of the molecule is O=C(N[C@H](Cc1ccc2ccccc2c1)C(=O)N1CCc2ccccc2C1)C1CCN(C(=O)O)CC1. The van der Waals surface area contributed by atoms with Crippen molar-refractivity contribution in [2.75, 3.05) is 19.6 Å². The Kier molecular flexibility index (Phi) is 6.89. The molecular weight excluding hydrogens is 454 g/mol.